The van der Waals surface area contributed by atoms with Crippen molar-refractivity contribution in [1.29, 1.82) is 0 Å². The highest BCUT2D eigenvalue weighted by molar-refractivity contribution is 7.91. The van der Waals surface area contributed by atoms with E-state index in [2.05, 4.69) is 0 Å². The molecular formula is C20H27F3N2O3S. The van der Waals surface area contributed by atoms with Gasteiger partial charge in [0, 0.05) is 24.7 Å². The number of hydrogen-bond donors (Lipinski definition) is 0. The van der Waals surface area contributed by atoms with Gasteiger partial charge in [0.2, 0.25) is 5.91 Å². The number of hydrogen-bond acceptors (Lipinski definition) is 4. The minimum atomic E-state index is -4.41. The molecule has 2 fully saturated rings. The van der Waals surface area contributed by atoms with E-state index in [9.17, 15) is 26.4 Å². The number of nitrogens with zero attached hydrogens (tertiary/aromatic N) is 2. The fourth-order valence-corrected chi connectivity index (χ4v) is 5.79. The molecule has 2 atom stereocenters. The molecule has 9 heteroatoms. The van der Waals surface area contributed by atoms with Crippen molar-refractivity contribution < 1.29 is 26.4 Å². The van der Waals surface area contributed by atoms with E-state index in [1.165, 1.54) is 6.07 Å². The molecule has 1 aromatic rings. The van der Waals surface area contributed by atoms with Gasteiger partial charge < -0.3 is 4.90 Å². The number of amides is 1. The zero-order valence-corrected chi connectivity index (χ0v) is 17.5. The van der Waals surface area contributed by atoms with Crippen molar-refractivity contribution in [3.8, 4) is 0 Å². The topological polar surface area (TPSA) is 57.7 Å². The van der Waals surface area contributed by atoms with Crippen molar-refractivity contribution in [2.45, 2.75) is 57.4 Å². The van der Waals surface area contributed by atoms with Crippen LogP contribution in [0.4, 0.5) is 13.2 Å². The van der Waals surface area contributed by atoms with Crippen LogP contribution in [-0.2, 0) is 20.8 Å². The van der Waals surface area contributed by atoms with Crippen molar-refractivity contribution in [2.24, 2.45) is 0 Å². The van der Waals surface area contributed by atoms with Crippen LogP contribution in [-0.4, -0.2) is 60.8 Å². The Morgan fingerprint density at radius 2 is 1.90 bits per heavy atom. The molecule has 162 valence electrons. The first-order chi connectivity index (χ1) is 13.5. The molecule has 0 aromatic heterocycles. The summed E-state index contributed by atoms with van der Waals surface area (Å²) in [7, 11) is -3.11. The summed E-state index contributed by atoms with van der Waals surface area (Å²) >= 11 is 0. The van der Waals surface area contributed by atoms with Crippen LogP contribution in [0.2, 0.25) is 0 Å². The lowest BCUT2D eigenvalue weighted by molar-refractivity contribution is -0.138. The van der Waals surface area contributed by atoms with E-state index < -0.39 is 21.6 Å². The molecule has 1 amide bonds. The van der Waals surface area contributed by atoms with Crippen LogP contribution in [0.5, 0.6) is 0 Å². The van der Waals surface area contributed by atoms with E-state index in [0.717, 1.165) is 25.0 Å². The number of carbonyl (C=O) groups is 1. The molecule has 1 saturated heterocycles. The average molecular weight is 433 g/mol. The van der Waals surface area contributed by atoms with Crippen molar-refractivity contribution in [1.82, 2.24) is 9.80 Å². The lowest BCUT2D eigenvalue weighted by Gasteiger charge is -2.33. The Labute approximate surface area is 169 Å². The molecule has 1 heterocycles. The monoisotopic (exact) mass is 432 g/mol. The molecule has 1 aromatic carbocycles. The average Bonchev–Trinajstić information content (AvgIpc) is 3.42. The van der Waals surface area contributed by atoms with Gasteiger partial charge in [-0.05, 0) is 50.8 Å². The summed E-state index contributed by atoms with van der Waals surface area (Å²) in [5.74, 6) is -0.0894. The summed E-state index contributed by atoms with van der Waals surface area (Å²) in [4.78, 5) is 16.5. The lowest BCUT2D eigenvalue weighted by atomic mass is 10.0. The number of benzene rings is 1. The first-order valence-electron chi connectivity index (χ1n) is 9.94. The maximum atomic E-state index is 13.1. The van der Waals surface area contributed by atoms with E-state index in [-0.39, 0.29) is 42.1 Å². The number of alkyl halides is 3. The Hall–Kier alpha value is -1.61. The summed E-state index contributed by atoms with van der Waals surface area (Å²) in [6.45, 7) is 4.12. The van der Waals surface area contributed by atoms with Crippen molar-refractivity contribution in [3.63, 3.8) is 0 Å². The normalized spacial score (nSPS) is 22.6. The SMILES string of the molecule is CCN(C(=O)CN(C1CC1)C(C)c1cccc(C(F)(F)F)c1)C1CCS(=O)(=O)C1. The Morgan fingerprint density at radius 1 is 1.21 bits per heavy atom. The third-order valence-electron chi connectivity index (χ3n) is 5.84. The van der Waals surface area contributed by atoms with E-state index in [4.69, 9.17) is 0 Å². The lowest BCUT2D eigenvalue weighted by Crippen LogP contribution is -2.47. The highest BCUT2D eigenvalue weighted by Crippen LogP contribution is 2.36. The van der Waals surface area contributed by atoms with E-state index in [1.54, 1.807) is 11.0 Å². The quantitative estimate of drug-likeness (QED) is 0.664. The zero-order chi connectivity index (χ0) is 21.4. The van der Waals surface area contributed by atoms with Gasteiger partial charge in [-0.15, -0.1) is 0 Å². The van der Waals surface area contributed by atoms with Crippen molar-refractivity contribution >= 4 is 15.7 Å². The summed E-state index contributed by atoms with van der Waals surface area (Å²) in [5, 5.41) is 0. The van der Waals surface area contributed by atoms with Crippen molar-refractivity contribution in [2.75, 3.05) is 24.6 Å². The molecule has 1 saturated carbocycles. The standard InChI is InChI=1S/C20H27F3N2O3S/c1-3-24(18-9-10-29(27,28)13-18)19(26)12-25(17-7-8-17)14(2)15-5-4-6-16(11-15)20(21,22)23/h4-6,11,14,17-18H,3,7-10,12-13H2,1-2H3. The van der Waals surface area contributed by atoms with Crippen LogP contribution in [0.1, 0.15) is 50.3 Å². The van der Waals surface area contributed by atoms with Gasteiger partial charge in [-0.25, -0.2) is 8.42 Å². The van der Waals surface area contributed by atoms with Gasteiger partial charge in [0.1, 0.15) is 0 Å². The van der Waals surface area contributed by atoms with Crippen LogP contribution >= 0.6 is 0 Å². The molecule has 1 aliphatic carbocycles. The summed E-state index contributed by atoms with van der Waals surface area (Å²) in [5.41, 5.74) is -0.179. The third-order valence-corrected chi connectivity index (χ3v) is 7.59. The molecule has 1 aliphatic heterocycles. The summed E-state index contributed by atoms with van der Waals surface area (Å²) in [6.07, 6.45) is -2.17. The smallest absolute Gasteiger partial charge is 0.338 e. The van der Waals surface area contributed by atoms with Gasteiger partial charge in [-0.3, -0.25) is 9.69 Å². The number of sulfone groups is 1. The largest absolute Gasteiger partial charge is 0.416 e. The predicted molar refractivity (Wildman–Crippen MR) is 104 cm³/mol. The molecule has 0 spiro atoms. The maximum Gasteiger partial charge on any atom is 0.416 e. The fourth-order valence-electron chi connectivity index (χ4n) is 4.06. The number of likely N-dealkylation sites (N-methyl/N-ethyl adjacent to an activating group) is 1. The van der Waals surface area contributed by atoms with E-state index in [1.807, 2.05) is 18.7 Å². The second-order valence-corrected chi connectivity index (χ2v) is 10.2. The molecular weight excluding hydrogens is 405 g/mol. The Kier molecular flexibility index (Phi) is 6.29. The van der Waals surface area contributed by atoms with Crippen molar-refractivity contribution in [3.05, 3.63) is 35.4 Å². The number of halogens is 3. The molecule has 0 radical (unpaired) electrons. The number of carbonyl (C=O) groups excluding carboxylic acids is 1. The summed E-state index contributed by atoms with van der Waals surface area (Å²) in [6, 6.07) is 4.73. The van der Waals surface area contributed by atoms with Gasteiger partial charge in [-0.2, -0.15) is 13.2 Å². The van der Waals surface area contributed by atoms with Crippen LogP contribution in [0.25, 0.3) is 0 Å². The molecule has 29 heavy (non-hydrogen) atoms. The Balaban J connectivity index is 1.75. The second-order valence-electron chi connectivity index (χ2n) is 7.94. The fraction of sp³-hybridized carbons (Fsp3) is 0.650. The third kappa shape index (κ3) is 5.31. The minimum Gasteiger partial charge on any atom is -0.338 e. The van der Waals surface area contributed by atoms with Crippen LogP contribution in [0, 0.1) is 0 Å². The van der Waals surface area contributed by atoms with Gasteiger partial charge in [0.25, 0.3) is 0 Å². The van der Waals surface area contributed by atoms with Gasteiger partial charge >= 0.3 is 6.18 Å². The molecule has 2 aliphatic rings. The first-order valence-corrected chi connectivity index (χ1v) is 11.8. The molecule has 5 nitrogen and oxygen atoms in total. The predicted octanol–water partition coefficient (Wildman–Crippen LogP) is 3.27. The Bertz CT molecular complexity index is 853. The number of rotatable bonds is 7. The molecule has 2 unspecified atom stereocenters. The van der Waals surface area contributed by atoms with Gasteiger partial charge in [0.05, 0.1) is 23.6 Å². The Morgan fingerprint density at radius 3 is 2.41 bits per heavy atom. The van der Waals surface area contributed by atoms with Gasteiger partial charge in [-0.1, -0.05) is 12.1 Å². The maximum absolute atomic E-state index is 13.1. The van der Waals surface area contributed by atoms with E-state index in [0.29, 0.717) is 18.5 Å². The van der Waals surface area contributed by atoms with Crippen LogP contribution in [0.3, 0.4) is 0 Å². The molecule has 0 bridgehead atoms. The van der Waals surface area contributed by atoms with E-state index >= 15 is 0 Å². The minimum absolute atomic E-state index is 0.0147. The van der Waals surface area contributed by atoms with Crippen LogP contribution < -0.4 is 0 Å². The van der Waals surface area contributed by atoms with Crippen LogP contribution in [0.15, 0.2) is 24.3 Å². The second kappa shape index (κ2) is 8.26. The highest BCUT2D eigenvalue weighted by atomic mass is 32.2. The highest BCUT2D eigenvalue weighted by Gasteiger charge is 2.38. The molecule has 3 rings (SSSR count). The first kappa shape index (κ1) is 22.1. The summed E-state index contributed by atoms with van der Waals surface area (Å²) < 4.78 is 62.8. The molecule has 0 N–H and O–H groups in total. The zero-order valence-electron chi connectivity index (χ0n) is 16.7. The van der Waals surface area contributed by atoms with Gasteiger partial charge in [0.15, 0.2) is 9.84 Å².